The summed E-state index contributed by atoms with van der Waals surface area (Å²) in [6.45, 7) is 0. The predicted octanol–water partition coefficient (Wildman–Crippen LogP) is 1.69. The van der Waals surface area contributed by atoms with Crippen molar-refractivity contribution in [3.8, 4) is 0 Å². The highest BCUT2D eigenvalue weighted by Crippen LogP contribution is 1.91. The molecule has 0 aliphatic heterocycles. The molecule has 0 nitrogen and oxygen atoms in total. The van der Waals surface area contributed by atoms with Gasteiger partial charge in [0.15, 0.2) is 0 Å². The molecule has 0 atom stereocenters. The average molecular weight is 122 g/mol. The first kappa shape index (κ1) is 5.53. The lowest BCUT2D eigenvalue weighted by molar-refractivity contribution is 1.78. The Morgan fingerprint density at radius 1 is 1.12 bits per heavy atom. The van der Waals surface area contributed by atoms with Crippen molar-refractivity contribution in [1.82, 2.24) is 0 Å². The average Bonchev–Trinajstić information content (AvgIpc) is 1.90. The Balaban J connectivity index is 2.99. The Kier molecular flexibility index (Phi) is 1.82. The lowest BCUT2D eigenvalue weighted by Crippen LogP contribution is -1.85. The van der Waals surface area contributed by atoms with Gasteiger partial charge in [0.25, 0.3) is 0 Å². The van der Waals surface area contributed by atoms with Crippen molar-refractivity contribution in [2.45, 2.75) is 0 Å². The summed E-state index contributed by atoms with van der Waals surface area (Å²) in [5.41, 5.74) is 0. The van der Waals surface area contributed by atoms with Crippen LogP contribution in [0.1, 0.15) is 0 Å². The molecule has 0 heterocycles. The fourth-order valence-corrected chi connectivity index (χ4v) is 0.916. The highest BCUT2D eigenvalue weighted by Gasteiger charge is 1.76. The first-order chi connectivity index (χ1) is 3.93. The standard InChI is InChI=1S/C7H7P/c1-8-7-5-3-2-4-6-7/h2-6H,1H2. The number of benzene rings is 1. The van der Waals surface area contributed by atoms with Gasteiger partial charge in [-0.3, -0.25) is 0 Å². The van der Waals surface area contributed by atoms with Crippen molar-refractivity contribution in [1.29, 1.82) is 0 Å². The van der Waals surface area contributed by atoms with Gasteiger partial charge in [0.2, 0.25) is 0 Å². The molecule has 0 spiro atoms. The van der Waals surface area contributed by atoms with E-state index >= 15 is 0 Å². The van der Waals surface area contributed by atoms with Crippen molar-refractivity contribution in [3.63, 3.8) is 0 Å². The predicted molar refractivity (Wildman–Crippen MR) is 40.1 cm³/mol. The lowest BCUT2D eigenvalue weighted by atomic mass is 10.4. The second kappa shape index (κ2) is 2.64. The fraction of sp³-hybridized carbons (Fsp3) is 0. The van der Waals surface area contributed by atoms with Crippen LogP contribution in [-0.2, 0) is 0 Å². The molecule has 0 N–H and O–H groups in total. The maximum atomic E-state index is 3.73. The van der Waals surface area contributed by atoms with E-state index < -0.39 is 0 Å². The van der Waals surface area contributed by atoms with Crippen molar-refractivity contribution in [2.75, 3.05) is 0 Å². The Morgan fingerprint density at radius 3 is 2.12 bits per heavy atom. The third kappa shape index (κ3) is 1.18. The molecule has 0 bridgehead atoms. The zero-order valence-electron chi connectivity index (χ0n) is 4.54. The van der Waals surface area contributed by atoms with Crippen LogP contribution in [0.2, 0.25) is 0 Å². The molecule has 0 aliphatic rings. The maximum absolute atomic E-state index is 3.73. The summed E-state index contributed by atoms with van der Waals surface area (Å²) in [4.78, 5) is 0. The summed E-state index contributed by atoms with van der Waals surface area (Å²) in [5.74, 6) is 0. The number of hydrogen-bond acceptors (Lipinski definition) is 0. The minimum atomic E-state index is 1.10. The molecule has 0 saturated carbocycles. The quantitative estimate of drug-likeness (QED) is 0.497. The second-order valence-electron chi connectivity index (χ2n) is 1.49. The van der Waals surface area contributed by atoms with Gasteiger partial charge >= 0.3 is 0 Å². The Morgan fingerprint density at radius 2 is 1.75 bits per heavy atom. The molecule has 0 unspecified atom stereocenters. The summed E-state index contributed by atoms with van der Waals surface area (Å²) >= 11 is 0. The van der Waals surface area contributed by atoms with E-state index in [0.29, 0.717) is 0 Å². The van der Waals surface area contributed by atoms with Crippen molar-refractivity contribution < 1.29 is 0 Å². The summed E-state index contributed by atoms with van der Waals surface area (Å²) in [6.07, 6.45) is 3.73. The van der Waals surface area contributed by atoms with Gasteiger partial charge in [-0.15, -0.1) is 0 Å². The van der Waals surface area contributed by atoms with E-state index in [0.717, 1.165) is 8.20 Å². The molecule has 0 amide bonds. The maximum Gasteiger partial charge on any atom is 0.00120 e. The van der Waals surface area contributed by atoms with Crippen LogP contribution in [0.4, 0.5) is 0 Å². The second-order valence-corrected chi connectivity index (χ2v) is 2.33. The lowest BCUT2D eigenvalue weighted by Gasteiger charge is -1.84. The van der Waals surface area contributed by atoms with Crippen molar-refractivity contribution >= 4 is 19.8 Å². The highest BCUT2D eigenvalue weighted by molar-refractivity contribution is 7.45. The molecule has 1 aromatic carbocycles. The molecular weight excluding hydrogens is 115 g/mol. The van der Waals surface area contributed by atoms with E-state index in [9.17, 15) is 0 Å². The van der Waals surface area contributed by atoms with E-state index in [1.165, 1.54) is 5.30 Å². The topological polar surface area (TPSA) is 0 Å². The molecule has 0 fully saturated rings. The molecule has 0 aromatic heterocycles. The van der Waals surface area contributed by atoms with Gasteiger partial charge in [-0.05, 0) is 0 Å². The summed E-state index contributed by atoms with van der Waals surface area (Å²) in [6, 6.07) is 10.2. The number of rotatable bonds is 1. The normalized spacial score (nSPS) is 9.50. The molecule has 0 saturated heterocycles. The zero-order valence-corrected chi connectivity index (χ0v) is 5.44. The van der Waals surface area contributed by atoms with Crippen LogP contribution in [0.25, 0.3) is 0 Å². The van der Waals surface area contributed by atoms with Crippen LogP contribution in [0.3, 0.4) is 0 Å². The largest absolute Gasteiger partial charge is 0.0764 e. The summed E-state index contributed by atoms with van der Waals surface area (Å²) in [5, 5.41) is 1.27. The smallest absolute Gasteiger partial charge is 0.00120 e. The van der Waals surface area contributed by atoms with E-state index in [1.54, 1.807) is 0 Å². The van der Waals surface area contributed by atoms with Crippen LogP contribution < -0.4 is 5.30 Å². The van der Waals surface area contributed by atoms with Gasteiger partial charge in [-0.1, -0.05) is 44.8 Å². The molecule has 1 rings (SSSR count). The van der Waals surface area contributed by atoms with Gasteiger partial charge in [-0.25, -0.2) is 0 Å². The van der Waals surface area contributed by atoms with E-state index in [-0.39, 0.29) is 0 Å². The first-order valence-electron chi connectivity index (χ1n) is 2.45. The SMILES string of the molecule is C=Pc1ccccc1. The Labute approximate surface area is 51.0 Å². The minimum Gasteiger partial charge on any atom is -0.0764 e. The highest BCUT2D eigenvalue weighted by atomic mass is 31.1. The molecule has 0 radical (unpaired) electrons. The third-order valence-corrected chi connectivity index (χ3v) is 1.60. The fourth-order valence-electron chi connectivity index (χ4n) is 0.533. The summed E-state index contributed by atoms with van der Waals surface area (Å²) in [7, 11) is 1.10. The van der Waals surface area contributed by atoms with E-state index in [4.69, 9.17) is 0 Å². The Bertz CT molecular complexity index is 167. The van der Waals surface area contributed by atoms with Gasteiger partial charge in [0.1, 0.15) is 0 Å². The van der Waals surface area contributed by atoms with Gasteiger partial charge in [0, 0.05) is 5.30 Å². The van der Waals surface area contributed by atoms with Gasteiger partial charge in [0.05, 0.1) is 0 Å². The molecule has 1 heteroatoms. The van der Waals surface area contributed by atoms with Crippen LogP contribution in [0.5, 0.6) is 0 Å². The van der Waals surface area contributed by atoms with Gasteiger partial charge < -0.3 is 0 Å². The van der Waals surface area contributed by atoms with Crippen molar-refractivity contribution in [2.24, 2.45) is 0 Å². The third-order valence-electron chi connectivity index (χ3n) is 0.939. The van der Waals surface area contributed by atoms with Crippen LogP contribution in [0, 0.1) is 0 Å². The van der Waals surface area contributed by atoms with Crippen LogP contribution in [0.15, 0.2) is 30.3 Å². The first-order valence-corrected chi connectivity index (χ1v) is 3.53. The van der Waals surface area contributed by atoms with Crippen LogP contribution >= 0.6 is 8.20 Å². The molecule has 8 heavy (non-hydrogen) atoms. The van der Waals surface area contributed by atoms with Crippen molar-refractivity contribution in [3.05, 3.63) is 30.3 Å². The molecule has 0 aliphatic carbocycles. The monoisotopic (exact) mass is 122 g/mol. The zero-order chi connectivity index (χ0) is 5.82. The van der Waals surface area contributed by atoms with E-state index in [1.807, 2.05) is 18.2 Å². The summed E-state index contributed by atoms with van der Waals surface area (Å²) < 4.78 is 0. The Hall–Kier alpha value is -0.610. The molecule has 40 valence electrons. The molecule has 1 aromatic rings. The van der Waals surface area contributed by atoms with Gasteiger partial charge in [-0.2, -0.15) is 0 Å². The van der Waals surface area contributed by atoms with E-state index in [2.05, 4.69) is 18.4 Å². The number of hydrogen-bond donors (Lipinski definition) is 0. The molecular formula is C7H7P. The minimum absolute atomic E-state index is 1.10. The van der Waals surface area contributed by atoms with Crippen LogP contribution in [-0.4, -0.2) is 6.30 Å².